The van der Waals surface area contributed by atoms with Crippen LogP contribution < -0.4 is 10.1 Å². The maximum absolute atomic E-state index is 11.4. The Balaban J connectivity index is 2.26. The fourth-order valence-corrected chi connectivity index (χ4v) is 1.79. The molecule has 0 aliphatic heterocycles. The monoisotopic (exact) mass is 321 g/mol. The minimum atomic E-state index is -0.507. The van der Waals surface area contributed by atoms with Crippen molar-refractivity contribution in [1.29, 1.82) is 0 Å². The highest BCUT2D eigenvalue weighted by molar-refractivity contribution is 5.83. The maximum atomic E-state index is 11.4. The fraction of sp³-hybridized carbons (Fsp3) is 0.471. The van der Waals surface area contributed by atoms with Gasteiger partial charge in [0, 0.05) is 17.7 Å². The molecule has 0 radical (unpaired) electrons. The van der Waals surface area contributed by atoms with E-state index in [1.165, 1.54) is 6.07 Å². The molecule has 1 aromatic rings. The van der Waals surface area contributed by atoms with E-state index in [0.717, 1.165) is 12.8 Å². The summed E-state index contributed by atoms with van der Waals surface area (Å²) in [5.41, 5.74) is 0.292. The summed E-state index contributed by atoms with van der Waals surface area (Å²) in [4.78, 5) is 33.0. The number of amides is 1. The summed E-state index contributed by atoms with van der Waals surface area (Å²) in [5.74, 6) is 0.483. The summed E-state index contributed by atoms with van der Waals surface area (Å²) < 4.78 is 10.6. The zero-order valence-electron chi connectivity index (χ0n) is 13.8. The molecule has 0 saturated heterocycles. The second kappa shape index (κ2) is 8.92. The van der Waals surface area contributed by atoms with Crippen LogP contribution in [0.4, 0.5) is 4.79 Å². The van der Waals surface area contributed by atoms with Crippen molar-refractivity contribution in [1.82, 2.24) is 5.32 Å². The first-order chi connectivity index (χ1) is 10.8. The van der Waals surface area contributed by atoms with Gasteiger partial charge in [-0.3, -0.25) is 9.59 Å². The van der Waals surface area contributed by atoms with E-state index in [1.54, 1.807) is 12.1 Å². The van der Waals surface area contributed by atoms with Gasteiger partial charge >= 0.3 is 6.09 Å². The standard InChI is InChI=1S/C17H23NO5/c1-17(2,3)23-16(21)18-6-4-5-7-22-15-9-13(11-19)8-14(10-15)12-20/h8-12H,4-7H2,1-3H3,(H,18,21). The molecule has 0 bridgehead atoms. The van der Waals surface area contributed by atoms with Crippen molar-refractivity contribution in [3.8, 4) is 5.75 Å². The molecule has 0 unspecified atom stereocenters. The first-order valence-electron chi connectivity index (χ1n) is 7.49. The number of ether oxygens (including phenoxy) is 2. The molecular weight excluding hydrogens is 298 g/mol. The largest absolute Gasteiger partial charge is 0.494 e. The molecule has 0 atom stereocenters. The molecule has 1 aromatic carbocycles. The zero-order chi connectivity index (χ0) is 17.3. The molecule has 6 nitrogen and oxygen atoms in total. The molecule has 23 heavy (non-hydrogen) atoms. The normalized spacial score (nSPS) is 10.7. The third-order valence-corrected chi connectivity index (χ3v) is 2.73. The Labute approximate surface area is 136 Å². The van der Waals surface area contributed by atoms with E-state index >= 15 is 0 Å². The Bertz CT molecular complexity index is 522. The number of benzene rings is 1. The van der Waals surface area contributed by atoms with Crippen LogP contribution in [0, 0.1) is 0 Å². The Morgan fingerprint density at radius 1 is 1.09 bits per heavy atom. The SMILES string of the molecule is CC(C)(C)OC(=O)NCCCCOc1cc(C=O)cc(C=O)c1. The molecule has 0 fully saturated rings. The Hall–Kier alpha value is -2.37. The minimum Gasteiger partial charge on any atom is -0.494 e. The number of hydrogen-bond acceptors (Lipinski definition) is 5. The number of hydrogen-bond donors (Lipinski definition) is 1. The van der Waals surface area contributed by atoms with E-state index in [1.807, 2.05) is 20.8 Å². The second-order valence-corrected chi connectivity index (χ2v) is 6.06. The zero-order valence-corrected chi connectivity index (χ0v) is 13.8. The molecule has 126 valence electrons. The van der Waals surface area contributed by atoms with Gasteiger partial charge in [0.05, 0.1) is 6.61 Å². The molecule has 0 aliphatic rings. The fourth-order valence-electron chi connectivity index (χ4n) is 1.79. The molecule has 1 amide bonds. The second-order valence-electron chi connectivity index (χ2n) is 6.06. The molecule has 1 N–H and O–H groups in total. The average Bonchev–Trinajstić information content (AvgIpc) is 2.48. The predicted octanol–water partition coefficient (Wildman–Crippen LogP) is 3.00. The summed E-state index contributed by atoms with van der Waals surface area (Å²) in [7, 11) is 0. The van der Waals surface area contributed by atoms with Crippen LogP contribution in [-0.2, 0) is 4.74 Å². The highest BCUT2D eigenvalue weighted by Gasteiger charge is 2.15. The molecule has 0 heterocycles. The third kappa shape index (κ3) is 7.99. The van der Waals surface area contributed by atoms with Gasteiger partial charge in [-0.2, -0.15) is 0 Å². The van der Waals surface area contributed by atoms with Gasteiger partial charge in [-0.25, -0.2) is 4.79 Å². The number of rotatable bonds is 8. The van der Waals surface area contributed by atoms with Crippen molar-refractivity contribution in [2.75, 3.05) is 13.2 Å². The van der Waals surface area contributed by atoms with Gasteiger partial charge in [0.2, 0.25) is 0 Å². The minimum absolute atomic E-state index is 0.399. The lowest BCUT2D eigenvalue weighted by atomic mass is 10.1. The smallest absolute Gasteiger partial charge is 0.407 e. The van der Waals surface area contributed by atoms with Crippen LogP contribution in [0.3, 0.4) is 0 Å². The number of carbonyl (C=O) groups excluding carboxylic acids is 3. The van der Waals surface area contributed by atoms with Gasteiger partial charge in [-0.05, 0) is 51.8 Å². The molecule has 0 saturated carbocycles. The number of alkyl carbamates (subject to hydrolysis) is 1. The molecule has 0 aromatic heterocycles. The predicted molar refractivity (Wildman–Crippen MR) is 86.2 cm³/mol. The molecule has 1 rings (SSSR count). The highest BCUT2D eigenvalue weighted by Crippen LogP contribution is 2.15. The van der Waals surface area contributed by atoms with E-state index in [2.05, 4.69) is 5.32 Å². The lowest BCUT2D eigenvalue weighted by Crippen LogP contribution is -2.33. The van der Waals surface area contributed by atoms with Crippen LogP contribution in [0.5, 0.6) is 5.75 Å². The molecule has 0 aliphatic carbocycles. The summed E-state index contributed by atoms with van der Waals surface area (Å²) in [6, 6.07) is 4.66. The maximum Gasteiger partial charge on any atom is 0.407 e. The Kier molecular flexibility index (Phi) is 7.25. The summed E-state index contributed by atoms with van der Waals surface area (Å²) >= 11 is 0. The van der Waals surface area contributed by atoms with Crippen LogP contribution in [0.2, 0.25) is 0 Å². The number of nitrogens with one attached hydrogen (secondary N) is 1. The van der Waals surface area contributed by atoms with E-state index in [0.29, 0.717) is 42.6 Å². The number of aldehydes is 2. The van der Waals surface area contributed by atoms with E-state index in [4.69, 9.17) is 9.47 Å². The Morgan fingerprint density at radius 2 is 1.70 bits per heavy atom. The van der Waals surface area contributed by atoms with Crippen molar-refractivity contribution in [2.24, 2.45) is 0 Å². The third-order valence-electron chi connectivity index (χ3n) is 2.73. The van der Waals surface area contributed by atoms with Crippen molar-refractivity contribution >= 4 is 18.7 Å². The summed E-state index contributed by atoms with van der Waals surface area (Å²) in [5, 5.41) is 2.67. The van der Waals surface area contributed by atoms with Crippen molar-refractivity contribution in [2.45, 2.75) is 39.2 Å². The number of unbranched alkanes of at least 4 members (excludes halogenated alkanes) is 1. The van der Waals surface area contributed by atoms with Gasteiger partial charge in [0.15, 0.2) is 0 Å². The van der Waals surface area contributed by atoms with Crippen LogP contribution >= 0.6 is 0 Å². The van der Waals surface area contributed by atoms with Crippen LogP contribution in [0.1, 0.15) is 54.3 Å². The lowest BCUT2D eigenvalue weighted by molar-refractivity contribution is 0.0526. The van der Waals surface area contributed by atoms with Crippen molar-refractivity contribution in [3.05, 3.63) is 29.3 Å². The van der Waals surface area contributed by atoms with Crippen LogP contribution in [0.15, 0.2) is 18.2 Å². The molecule has 6 heteroatoms. The number of carbonyl (C=O) groups is 3. The van der Waals surface area contributed by atoms with Crippen molar-refractivity contribution in [3.63, 3.8) is 0 Å². The quantitative estimate of drug-likeness (QED) is 0.588. The van der Waals surface area contributed by atoms with Crippen molar-refractivity contribution < 1.29 is 23.9 Å². The molecule has 0 spiro atoms. The van der Waals surface area contributed by atoms with Gasteiger partial charge < -0.3 is 14.8 Å². The van der Waals surface area contributed by atoms with Gasteiger partial charge in [-0.15, -0.1) is 0 Å². The first-order valence-corrected chi connectivity index (χ1v) is 7.49. The Morgan fingerprint density at radius 3 is 2.22 bits per heavy atom. The summed E-state index contributed by atoms with van der Waals surface area (Å²) in [6.45, 7) is 6.34. The first kappa shape index (κ1) is 18.7. The molecular formula is C17H23NO5. The van der Waals surface area contributed by atoms with Gasteiger partial charge in [0.1, 0.15) is 23.9 Å². The van der Waals surface area contributed by atoms with Gasteiger partial charge in [0.25, 0.3) is 0 Å². The lowest BCUT2D eigenvalue weighted by Gasteiger charge is -2.19. The van der Waals surface area contributed by atoms with Crippen LogP contribution in [-0.4, -0.2) is 37.4 Å². The average molecular weight is 321 g/mol. The van der Waals surface area contributed by atoms with E-state index in [9.17, 15) is 14.4 Å². The van der Waals surface area contributed by atoms with E-state index in [-0.39, 0.29) is 0 Å². The van der Waals surface area contributed by atoms with E-state index < -0.39 is 11.7 Å². The van der Waals surface area contributed by atoms with Crippen LogP contribution in [0.25, 0.3) is 0 Å². The van der Waals surface area contributed by atoms with Gasteiger partial charge in [-0.1, -0.05) is 0 Å². The summed E-state index contributed by atoms with van der Waals surface area (Å²) in [6.07, 6.45) is 2.35. The topological polar surface area (TPSA) is 81.7 Å². The highest BCUT2D eigenvalue weighted by atomic mass is 16.6.